The van der Waals surface area contributed by atoms with Crippen LogP contribution in [0.2, 0.25) is 0 Å². The zero-order valence-corrected chi connectivity index (χ0v) is 11.0. The van der Waals surface area contributed by atoms with E-state index in [1.165, 1.54) is 0 Å². The predicted octanol–water partition coefficient (Wildman–Crippen LogP) is 3.23. The first kappa shape index (κ1) is 12.8. The topological polar surface area (TPSA) is 39.2 Å². The number of pyridine rings is 1. The van der Waals surface area contributed by atoms with Crippen LogP contribution in [0.5, 0.6) is 0 Å². The quantitative estimate of drug-likeness (QED) is 0.776. The highest BCUT2D eigenvalue weighted by Gasteiger charge is 2.20. The van der Waals surface area contributed by atoms with Crippen LogP contribution < -0.4 is 0 Å². The van der Waals surface area contributed by atoms with Crippen molar-refractivity contribution in [2.75, 3.05) is 6.61 Å². The molecular formula is C14H15NO2S. The van der Waals surface area contributed by atoms with Gasteiger partial charge in [0.05, 0.1) is 13.0 Å². The van der Waals surface area contributed by atoms with Crippen LogP contribution in [0.15, 0.2) is 41.2 Å². The van der Waals surface area contributed by atoms with Crippen molar-refractivity contribution in [2.45, 2.75) is 19.3 Å². The average Bonchev–Trinajstić information content (AvgIpc) is 2.91. The number of carbonyl (C=O) groups is 1. The number of hydrogen-bond donors (Lipinski definition) is 0. The van der Waals surface area contributed by atoms with E-state index in [1.54, 1.807) is 17.5 Å². The normalized spacial score (nSPS) is 12.1. The summed E-state index contributed by atoms with van der Waals surface area (Å²) in [6.45, 7) is 2.23. The molecule has 0 bridgehead atoms. The number of aromatic nitrogens is 1. The summed E-state index contributed by atoms with van der Waals surface area (Å²) in [5.74, 6) is -0.198. The second-order valence-electron chi connectivity index (χ2n) is 3.87. The summed E-state index contributed by atoms with van der Waals surface area (Å²) in [6.07, 6.45) is 2.08. The van der Waals surface area contributed by atoms with Gasteiger partial charge in [0, 0.05) is 17.8 Å². The molecule has 0 N–H and O–H groups in total. The van der Waals surface area contributed by atoms with Crippen LogP contribution in [-0.4, -0.2) is 17.6 Å². The molecule has 0 saturated heterocycles. The van der Waals surface area contributed by atoms with Gasteiger partial charge in [0.25, 0.3) is 0 Å². The minimum atomic E-state index is -0.181. The summed E-state index contributed by atoms with van der Waals surface area (Å²) >= 11 is 1.62. The van der Waals surface area contributed by atoms with Crippen molar-refractivity contribution in [1.29, 1.82) is 0 Å². The number of hydrogen-bond acceptors (Lipinski definition) is 4. The number of esters is 1. The minimum Gasteiger partial charge on any atom is -0.466 e. The molecule has 0 amide bonds. The lowest BCUT2D eigenvalue weighted by molar-refractivity contribution is -0.143. The summed E-state index contributed by atoms with van der Waals surface area (Å²) < 4.78 is 5.03. The third-order valence-corrected chi connectivity index (χ3v) is 3.37. The Morgan fingerprint density at radius 3 is 2.94 bits per heavy atom. The molecule has 0 aromatic carbocycles. The molecule has 0 spiro atoms. The van der Waals surface area contributed by atoms with Gasteiger partial charge in [0.1, 0.15) is 0 Å². The van der Waals surface area contributed by atoms with E-state index < -0.39 is 0 Å². The molecule has 1 atom stereocenters. The van der Waals surface area contributed by atoms with Crippen molar-refractivity contribution in [1.82, 2.24) is 4.98 Å². The smallest absolute Gasteiger partial charge is 0.306 e. The van der Waals surface area contributed by atoms with E-state index in [9.17, 15) is 4.79 Å². The first-order chi connectivity index (χ1) is 8.81. The van der Waals surface area contributed by atoms with E-state index in [0.717, 1.165) is 11.3 Å². The van der Waals surface area contributed by atoms with Gasteiger partial charge in [-0.25, -0.2) is 0 Å². The van der Waals surface area contributed by atoms with Crippen LogP contribution in [0.3, 0.4) is 0 Å². The molecule has 0 radical (unpaired) electrons. The Morgan fingerprint density at radius 1 is 1.44 bits per heavy atom. The Labute approximate surface area is 110 Å². The number of rotatable bonds is 5. The summed E-state index contributed by atoms with van der Waals surface area (Å²) in [5.41, 5.74) is 2.02. The van der Waals surface area contributed by atoms with E-state index >= 15 is 0 Å². The molecule has 2 aromatic heterocycles. The molecule has 94 valence electrons. The standard InChI is InChI=1S/C14H15NO2S/c1-2-17-14(16)9-12(11-6-8-18-10-11)13-5-3-4-7-15-13/h3-8,10,12H,2,9H2,1H3. The zero-order valence-electron chi connectivity index (χ0n) is 10.2. The van der Waals surface area contributed by atoms with Crippen LogP contribution in [0, 0.1) is 0 Å². The van der Waals surface area contributed by atoms with Crippen molar-refractivity contribution in [3.8, 4) is 0 Å². The first-order valence-corrected chi connectivity index (χ1v) is 6.84. The maximum absolute atomic E-state index is 11.7. The zero-order chi connectivity index (χ0) is 12.8. The molecule has 0 aliphatic carbocycles. The van der Waals surface area contributed by atoms with E-state index in [2.05, 4.69) is 10.4 Å². The van der Waals surface area contributed by atoms with E-state index in [0.29, 0.717) is 13.0 Å². The van der Waals surface area contributed by atoms with Crippen LogP contribution in [0.25, 0.3) is 0 Å². The van der Waals surface area contributed by atoms with Crippen LogP contribution in [-0.2, 0) is 9.53 Å². The van der Waals surface area contributed by atoms with Crippen molar-refractivity contribution in [2.24, 2.45) is 0 Å². The van der Waals surface area contributed by atoms with Gasteiger partial charge in [0.15, 0.2) is 0 Å². The Balaban J connectivity index is 2.22. The van der Waals surface area contributed by atoms with Crippen molar-refractivity contribution >= 4 is 17.3 Å². The largest absolute Gasteiger partial charge is 0.466 e. The molecule has 2 aromatic rings. The summed E-state index contributed by atoms with van der Waals surface area (Å²) in [5, 5.41) is 4.06. The Morgan fingerprint density at radius 2 is 2.33 bits per heavy atom. The monoisotopic (exact) mass is 261 g/mol. The summed E-state index contributed by atoms with van der Waals surface area (Å²) in [4.78, 5) is 16.0. The van der Waals surface area contributed by atoms with Gasteiger partial charge in [0.2, 0.25) is 0 Å². The molecule has 1 unspecified atom stereocenters. The highest BCUT2D eigenvalue weighted by atomic mass is 32.1. The lowest BCUT2D eigenvalue weighted by Gasteiger charge is -2.14. The summed E-state index contributed by atoms with van der Waals surface area (Å²) in [6, 6.07) is 7.79. The van der Waals surface area contributed by atoms with Gasteiger partial charge in [-0.15, -0.1) is 0 Å². The molecule has 3 nitrogen and oxygen atoms in total. The molecule has 0 aliphatic rings. The van der Waals surface area contributed by atoms with Crippen molar-refractivity contribution in [3.63, 3.8) is 0 Å². The SMILES string of the molecule is CCOC(=O)CC(c1ccsc1)c1ccccn1. The third kappa shape index (κ3) is 3.17. The number of carbonyl (C=O) groups excluding carboxylic acids is 1. The average molecular weight is 261 g/mol. The minimum absolute atomic E-state index is 0.0171. The molecule has 0 fully saturated rings. The van der Waals surface area contributed by atoms with Crippen molar-refractivity contribution in [3.05, 3.63) is 52.5 Å². The molecule has 2 rings (SSSR count). The van der Waals surface area contributed by atoms with Crippen LogP contribution >= 0.6 is 11.3 Å². The maximum atomic E-state index is 11.7. The van der Waals surface area contributed by atoms with Gasteiger partial charge < -0.3 is 4.74 Å². The Bertz CT molecular complexity index is 482. The lowest BCUT2D eigenvalue weighted by atomic mass is 9.94. The van der Waals surface area contributed by atoms with Crippen molar-refractivity contribution < 1.29 is 9.53 Å². The van der Waals surface area contributed by atoms with Gasteiger partial charge in [-0.1, -0.05) is 6.07 Å². The Hall–Kier alpha value is -1.68. The van der Waals surface area contributed by atoms with Crippen LogP contribution in [0.1, 0.15) is 30.5 Å². The second-order valence-corrected chi connectivity index (χ2v) is 4.65. The van der Waals surface area contributed by atoms with Crippen LogP contribution in [0.4, 0.5) is 0 Å². The molecular weight excluding hydrogens is 246 g/mol. The predicted molar refractivity (Wildman–Crippen MR) is 71.6 cm³/mol. The number of ether oxygens (including phenoxy) is 1. The number of thiophene rings is 1. The van der Waals surface area contributed by atoms with Gasteiger partial charge in [-0.3, -0.25) is 9.78 Å². The molecule has 18 heavy (non-hydrogen) atoms. The Kier molecular flexibility index (Phi) is 4.47. The van der Waals surface area contributed by atoms with Gasteiger partial charge in [-0.05, 0) is 41.4 Å². The highest BCUT2D eigenvalue weighted by Crippen LogP contribution is 2.28. The second kappa shape index (κ2) is 6.31. The molecule has 0 saturated carbocycles. The van der Waals surface area contributed by atoms with Gasteiger partial charge in [-0.2, -0.15) is 11.3 Å². The molecule has 2 heterocycles. The fourth-order valence-electron chi connectivity index (χ4n) is 1.84. The lowest BCUT2D eigenvalue weighted by Crippen LogP contribution is -2.12. The highest BCUT2D eigenvalue weighted by molar-refractivity contribution is 7.08. The molecule has 4 heteroatoms. The third-order valence-electron chi connectivity index (χ3n) is 2.67. The van der Waals surface area contributed by atoms with E-state index in [-0.39, 0.29) is 11.9 Å². The first-order valence-electron chi connectivity index (χ1n) is 5.90. The van der Waals surface area contributed by atoms with E-state index in [4.69, 9.17) is 4.74 Å². The van der Waals surface area contributed by atoms with E-state index in [1.807, 2.05) is 36.6 Å². The fourth-order valence-corrected chi connectivity index (χ4v) is 2.55. The summed E-state index contributed by atoms with van der Waals surface area (Å²) in [7, 11) is 0. The molecule has 0 aliphatic heterocycles. The van der Waals surface area contributed by atoms with Gasteiger partial charge >= 0.3 is 5.97 Å². The number of nitrogens with zero attached hydrogens (tertiary/aromatic N) is 1. The fraction of sp³-hybridized carbons (Fsp3) is 0.286. The maximum Gasteiger partial charge on any atom is 0.306 e.